The molecule has 5 nitrogen and oxygen atoms in total. The molecule has 1 amide bonds. The fourth-order valence-corrected chi connectivity index (χ4v) is 2.81. The number of nitrogens with zero attached hydrogens (tertiary/aromatic N) is 1. The van der Waals surface area contributed by atoms with Gasteiger partial charge in [-0.1, -0.05) is 12.1 Å². The van der Waals surface area contributed by atoms with Gasteiger partial charge < -0.3 is 10.1 Å². The summed E-state index contributed by atoms with van der Waals surface area (Å²) < 4.78 is 57.7. The van der Waals surface area contributed by atoms with Crippen molar-refractivity contribution < 1.29 is 27.1 Å². The molecular weight excluding hydrogens is 390 g/mol. The van der Waals surface area contributed by atoms with Gasteiger partial charge in [0, 0.05) is 17.9 Å². The first-order chi connectivity index (χ1) is 13.8. The number of rotatable bonds is 4. The normalized spacial score (nSPS) is 17.2. The van der Waals surface area contributed by atoms with Gasteiger partial charge in [0.2, 0.25) is 5.96 Å². The zero-order valence-electron chi connectivity index (χ0n) is 15.3. The van der Waals surface area contributed by atoms with Crippen LogP contribution in [0, 0.1) is 5.82 Å². The van der Waals surface area contributed by atoms with Crippen molar-refractivity contribution >= 4 is 17.6 Å². The van der Waals surface area contributed by atoms with Crippen LogP contribution in [-0.2, 0) is 10.9 Å². The van der Waals surface area contributed by atoms with Crippen LogP contribution in [0.4, 0.5) is 23.2 Å². The van der Waals surface area contributed by atoms with E-state index in [1.165, 1.54) is 30.3 Å². The zero-order valence-corrected chi connectivity index (χ0v) is 15.3. The van der Waals surface area contributed by atoms with Crippen LogP contribution in [-0.4, -0.2) is 31.1 Å². The highest BCUT2D eigenvalue weighted by Crippen LogP contribution is 2.30. The number of hydrogen-bond acceptors (Lipinski definition) is 3. The van der Waals surface area contributed by atoms with E-state index in [4.69, 9.17) is 4.74 Å². The Morgan fingerprint density at radius 3 is 2.66 bits per heavy atom. The number of guanidine groups is 1. The molecule has 0 aliphatic carbocycles. The lowest BCUT2D eigenvalue weighted by atomic mass is 10.2. The highest BCUT2D eigenvalue weighted by molar-refractivity contribution is 6.09. The predicted molar refractivity (Wildman–Crippen MR) is 100 cm³/mol. The number of benzene rings is 2. The Bertz CT molecular complexity index is 893. The van der Waals surface area contributed by atoms with Gasteiger partial charge >= 0.3 is 6.18 Å². The molecule has 0 aromatic heterocycles. The molecule has 2 aromatic carbocycles. The first-order valence-corrected chi connectivity index (χ1v) is 8.98. The Hall–Kier alpha value is -2.94. The van der Waals surface area contributed by atoms with Gasteiger partial charge in [0.05, 0.1) is 18.2 Å². The SMILES string of the molecule is O=C(NC(=NCC1CCCO1)Nc1cccc(C(F)(F)F)c1)c1cccc(F)c1. The Kier molecular flexibility index (Phi) is 6.48. The minimum absolute atomic E-state index is 0.0471. The highest BCUT2D eigenvalue weighted by Gasteiger charge is 2.30. The van der Waals surface area contributed by atoms with Crippen molar-refractivity contribution in [3.05, 3.63) is 65.5 Å². The Morgan fingerprint density at radius 2 is 1.97 bits per heavy atom. The standard InChI is InChI=1S/C20H19F4N3O2/c21-15-6-1-4-13(10-15)18(28)27-19(25-12-17-8-3-9-29-17)26-16-7-2-5-14(11-16)20(22,23)24/h1-2,4-7,10-11,17H,3,8-9,12H2,(H2,25,26,27,28). The third kappa shape index (κ3) is 6.02. The van der Waals surface area contributed by atoms with Crippen LogP contribution in [0.1, 0.15) is 28.8 Å². The van der Waals surface area contributed by atoms with Gasteiger partial charge in [-0.3, -0.25) is 10.1 Å². The molecule has 2 N–H and O–H groups in total. The molecule has 0 spiro atoms. The Balaban J connectivity index is 1.79. The highest BCUT2D eigenvalue weighted by atomic mass is 19.4. The molecule has 0 bridgehead atoms. The molecular formula is C20H19F4N3O2. The van der Waals surface area contributed by atoms with E-state index in [2.05, 4.69) is 15.6 Å². The summed E-state index contributed by atoms with van der Waals surface area (Å²) in [4.78, 5) is 16.7. The molecule has 1 fully saturated rings. The van der Waals surface area contributed by atoms with E-state index < -0.39 is 23.5 Å². The second kappa shape index (κ2) is 9.04. The third-order valence-corrected chi connectivity index (χ3v) is 4.25. The Labute approximate surface area is 164 Å². The second-order valence-electron chi connectivity index (χ2n) is 6.49. The minimum Gasteiger partial charge on any atom is -0.376 e. The number of anilines is 1. The number of aliphatic imine (C=N–C) groups is 1. The Morgan fingerprint density at radius 1 is 1.17 bits per heavy atom. The second-order valence-corrected chi connectivity index (χ2v) is 6.49. The lowest BCUT2D eigenvalue weighted by Gasteiger charge is -2.15. The molecule has 1 aliphatic rings. The van der Waals surface area contributed by atoms with Crippen LogP contribution in [0.5, 0.6) is 0 Å². The smallest absolute Gasteiger partial charge is 0.376 e. The van der Waals surface area contributed by atoms with Gasteiger partial charge in [0.15, 0.2) is 0 Å². The van der Waals surface area contributed by atoms with Gasteiger partial charge in [0.25, 0.3) is 5.91 Å². The summed E-state index contributed by atoms with van der Waals surface area (Å²) in [6, 6.07) is 9.58. The van der Waals surface area contributed by atoms with Crippen molar-refractivity contribution in [2.45, 2.75) is 25.1 Å². The molecule has 29 heavy (non-hydrogen) atoms. The number of nitrogens with one attached hydrogen (secondary N) is 2. The number of carbonyl (C=O) groups excluding carboxylic acids is 1. The molecule has 154 valence electrons. The average molecular weight is 409 g/mol. The number of carbonyl (C=O) groups is 1. The zero-order chi connectivity index (χ0) is 20.9. The summed E-state index contributed by atoms with van der Waals surface area (Å²) in [5.74, 6) is -1.27. The molecule has 1 unspecified atom stereocenters. The van der Waals surface area contributed by atoms with Crippen LogP contribution in [0.2, 0.25) is 0 Å². The van der Waals surface area contributed by atoms with E-state index in [9.17, 15) is 22.4 Å². The maximum absolute atomic E-state index is 13.4. The number of halogens is 4. The third-order valence-electron chi connectivity index (χ3n) is 4.25. The van der Waals surface area contributed by atoms with Crippen molar-refractivity contribution in [1.82, 2.24) is 5.32 Å². The van der Waals surface area contributed by atoms with E-state index >= 15 is 0 Å². The van der Waals surface area contributed by atoms with Crippen molar-refractivity contribution in [3.63, 3.8) is 0 Å². The summed E-state index contributed by atoms with van der Waals surface area (Å²) >= 11 is 0. The molecule has 1 heterocycles. The lowest BCUT2D eigenvalue weighted by Crippen LogP contribution is -2.36. The first kappa shape index (κ1) is 20.8. The topological polar surface area (TPSA) is 62.7 Å². The van der Waals surface area contributed by atoms with Crippen LogP contribution in [0.15, 0.2) is 53.5 Å². The molecule has 1 saturated heterocycles. The van der Waals surface area contributed by atoms with Crippen molar-refractivity contribution in [3.8, 4) is 0 Å². The monoisotopic (exact) mass is 409 g/mol. The number of alkyl halides is 3. The van der Waals surface area contributed by atoms with Crippen LogP contribution in [0.3, 0.4) is 0 Å². The molecule has 1 atom stereocenters. The van der Waals surface area contributed by atoms with Crippen LogP contribution in [0.25, 0.3) is 0 Å². The average Bonchev–Trinajstić information content (AvgIpc) is 3.19. The van der Waals surface area contributed by atoms with Gasteiger partial charge in [-0.15, -0.1) is 0 Å². The quantitative estimate of drug-likeness (QED) is 0.452. The molecule has 2 aromatic rings. The number of hydrogen-bond donors (Lipinski definition) is 2. The molecule has 0 radical (unpaired) electrons. The van der Waals surface area contributed by atoms with E-state index in [1.54, 1.807) is 0 Å². The molecule has 0 saturated carbocycles. The first-order valence-electron chi connectivity index (χ1n) is 8.98. The van der Waals surface area contributed by atoms with Crippen molar-refractivity contribution in [2.24, 2.45) is 4.99 Å². The van der Waals surface area contributed by atoms with Crippen LogP contribution >= 0.6 is 0 Å². The largest absolute Gasteiger partial charge is 0.416 e. The number of ether oxygens (including phenoxy) is 1. The summed E-state index contributed by atoms with van der Waals surface area (Å²) in [5, 5.41) is 5.19. The molecule has 9 heteroatoms. The minimum atomic E-state index is -4.50. The summed E-state index contributed by atoms with van der Waals surface area (Å²) in [5.41, 5.74) is -0.677. The number of amides is 1. The molecule has 1 aliphatic heterocycles. The van der Waals surface area contributed by atoms with Gasteiger partial charge in [-0.25, -0.2) is 9.38 Å². The lowest BCUT2D eigenvalue weighted by molar-refractivity contribution is -0.137. The summed E-state index contributed by atoms with van der Waals surface area (Å²) in [6.45, 7) is 0.844. The van der Waals surface area contributed by atoms with E-state index in [0.717, 1.165) is 31.0 Å². The maximum Gasteiger partial charge on any atom is 0.416 e. The van der Waals surface area contributed by atoms with Gasteiger partial charge in [-0.2, -0.15) is 13.2 Å². The van der Waals surface area contributed by atoms with Crippen molar-refractivity contribution in [2.75, 3.05) is 18.5 Å². The van der Waals surface area contributed by atoms with Crippen molar-refractivity contribution in [1.29, 1.82) is 0 Å². The summed E-state index contributed by atoms with van der Waals surface area (Å²) in [7, 11) is 0. The fourth-order valence-electron chi connectivity index (χ4n) is 2.81. The predicted octanol–water partition coefficient (Wildman–Crippen LogP) is 4.22. The fraction of sp³-hybridized carbons (Fsp3) is 0.300. The van der Waals surface area contributed by atoms with Crippen LogP contribution < -0.4 is 10.6 Å². The van der Waals surface area contributed by atoms with E-state index in [0.29, 0.717) is 6.61 Å². The van der Waals surface area contributed by atoms with Gasteiger partial charge in [-0.05, 0) is 49.2 Å². The maximum atomic E-state index is 13.4. The molecule has 3 rings (SSSR count). The van der Waals surface area contributed by atoms with E-state index in [-0.39, 0.29) is 29.9 Å². The van der Waals surface area contributed by atoms with E-state index in [1.807, 2.05) is 0 Å². The van der Waals surface area contributed by atoms with Gasteiger partial charge in [0.1, 0.15) is 5.82 Å². The summed E-state index contributed by atoms with van der Waals surface area (Å²) in [6.07, 6.45) is -2.93.